The largest absolute Gasteiger partial charge is 0.394 e. The lowest BCUT2D eigenvalue weighted by molar-refractivity contribution is 0.213. The van der Waals surface area contributed by atoms with Crippen LogP contribution < -0.4 is 16.6 Å². The molecule has 0 amide bonds. The molecule has 0 radical (unpaired) electrons. The van der Waals surface area contributed by atoms with Gasteiger partial charge < -0.3 is 15.8 Å². The minimum absolute atomic E-state index is 0.118. The second kappa shape index (κ2) is 5.77. The fraction of sp³-hybridized carbons (Fsp3) is 0.733. The summed E-state index contributed by atoms with van der Waals surface area (Å²) in [4.78, 5) is 9.18. The average Bonchev–Trinajstić information content (AvgIpc) is 2.89. The third-order valence-electron chi connectivity index (χ3n) is 4.20. The second-order valence-corrected chi connectivity index (χ2v) is 7.03. The molecule has 1 aliphatic rings. The molecule has 0 spiro atoms. The Morgan fingerprint density at radius 3 is 2.24 bits per heavy atom. The van der Waals surface area contributed by atoms with Gasteiger partial charge in [0.05, 0.1) is 12.1 Å². The summed E-state index contributed by atoms with van der Waals surface area (Å²) in [7, 11) is 0. The van der Waals surface area contributed by atoms with E-state index in [1.807, 2.05) is 6.92 Å². The highest BCUT2D eigenvalue weighted by Crippen LogP contribution is 2.34. The van der Waals surface area contributed by atoms with E-state index < -0.39 is 0 Å². The number of aliphatic hydroxyl groups is 1. The van der Waals surface area contributed by atoms with Gasteiger partial charge in [-0.1, -0.05) is 33.6 Å². The lowest BCUT2D eigenvalue weighted by Gasteiger charge is -2.30. The maximum Gasteiger partial charge on any atom is 0.148 e. The van der Waals surface area contributed by atoms with Gasteiger partial charge in [-0.05, 0) is 19.8 Å². The van der Waals surface area contributed by atoms with Crippen LogP contribution in [-0.2, 0) is 5.41 Å². The predicted octanol–water partition coefficient (Wildman–Crippen LogP) is 2.09. The first kappa shape index (κ1) is 16.0. The lowest BCUT2D eigenvalue weighted by Crippen LogP contribution is -2.40. The second-order valence-electron chi connectivity index (χ2n) is 7.03. The van der Waals surface area contributed by atoms with Gasteiger partial charge in [0.15, 0.2) is 0 Å². The average molecular weight is 293 g/mol. The molecule has 1 saturated carbocycles. The standard InChI is InChI=1S/C15H27N5O/c1-10-11(19-15(9-21)7-5-6-8-15)17-13(14(2,3)4)18-12(10)20-16/h21H,5-9,16H2,1-4H3,(H2,17,18,19,20). The Hall–Kier alpha value is -1.40. The van der Waals surface area contributed by atoms with Gasteiger partial charge in [0.25, 0.3) is 0 Å². The van der Waals surface area contributed by atoms with Crippen LogP contribution in [0.4, 0.5) is 11.6 Å². The Morgan fingerprint density at radius 1 is 1.19 bits per heavy atom. The molecule has 0 unspecified atom stereocenters. The molecule has 0 aromatic carbocycles. The summed E-state index contributed by atoms with van der Waals surface area (Å²) in [5, 5.41) is 13.2. The van der Waals surface area contributed by atoms with E-state index >= 15 is 0 Å². The van der Waals surface area contributed by atoms with Crippen molar-refractivity contribution in [1.82, 2.24) is 9.97 Å². The molecule has 5 N–H and O–H groups in total. The maximum atomic E-state index is 9.78. The Balaban J connectivity index is 2.42. The highest BCUT2D eigenvalue weighted by Gasteiger charge is 2.34. The number of nitrogens with one attached hydrogen (secondary N) is 2. The number of hydrazine groups is 1. The van der Waals surface area contributed by atoms with Crippen LogP contribution in [0.25, 0.3) is 0 Å². The summed E-state index contributed by atoms with van der Waals surface area (Å²) in [6.07, 6.45) is 4.18. The van der Waals surface area contributed by atoms with Gasteiger partial charge in [-0.2, -0.15) is 0 Å². The molecule has 0 saturated heterocycles. The third kappa shape index (κ3) is 3.27. The third-order valence-corrected chi connectivity index (χ3v) is 4.20. The number of hydrogen-bond acceptors (Lipinski definition) is 6. The zero-order valence-electron chi connectivity index (χ0n) is 13.5. The first-order valence-electron chi connectivity index (χ1n) is 7.56. The molecule has 0 aliphatic heterocycles. The van der Waals surface area contributed by atoms with Crippen LogP contribution in [0.1, 0.15) is 57.8 Å². The highest BCUT2D eigenvalue weighted by atomic mass is 16.3. The number of aromatic nitrogens is 2. The van der Waals surface area contributed by atoms with Crippen molar-refractivity contribution >= 4 is 11.6 Å². The monoisotopic (exact) mass is 293 g/mol. The van der Waals surface area contributed by atoms with Crippen molar-refractivity contribution in [3.63, 3.8) is 0 Å². The summed E-state index contributed by atoms with van der Waals surface area (Å²) < 4.78 is 0. The maximum absolute atomic E-state index is 9.78. The van der Waals surface area contributed by atoms with Crippen molar-refractivity contribution in [2.75, 3.05) is 17.3 Å². The molecule has 0 bridgehead atoms. The van der Waals surface area contributed by atoms with Crippen LogP contribution in [0.3, 0.4) is 0 Å². The smallest absolute Gasteiger partial charge is 0.148 e. The molecule has 0 atom stereocenters. The van der Waals surface area contributed by atoms with Crippen LogP contribution >= 0.6 is 0 Å². The Morgan fingerprint density at radius 2 is 1.76 bits per heavy atom. The summed E-state index contributed by atoms with van der Waals surface area (Å²) in [6, 6.07) is 0. The lowest BCUT2D eigenvalue weighted by atomic mass is 9.95. The minimum atomic E-state index is -0.264. The van der Waals surface area contributed by atoms with E-state index in [0.717, 1.165) is 42.9 Å². The van der Waals surface area contributed by atoms with Gasteiger partial charge in [0.1, 0.15) is 17.5 Å². The normalized spacial score (nSPS) is 17.8. The Kier molecular flexibility index (Phi) is 4.39. The van der Waals surface area contributed by atoms with Crippen LogP contribution in [-0.4, -0.2) is 27.2 Å². The van der Waals surface area contributed by atoms with E-state index in [4.69, 9.17) is 5.84 Å². The van der Waals surface area contributed by atoms with Crippen LogP contribution in [0.15, 0.2) is 0 Å². The topological polar surface area (TPSA) is 96.1 Å². The van der Waals surface area contributed by atoms with E-state index in [-0.39, 0.29) is 17.6 Å². The van der Waals surface area contributed by atoms with E-state index in [1.165, 1.54) is 0 Å². The summed E-state index contributed by atoms with van der Waals surface area (Å²) in [5.41, 5.74) is 3.10. The van der Waals surface area contributed by atoms with Gasteiger partial charge in [0.2, 0.25) is 0 Å². The van der Waals surface area contributed by atoms with Gasteiger partial charge >= 0.3 is 0 Å². The highest BCUT2D eigenvalue weighted by molar-refractivity contribution is 5.58. The Bertz CT molecular complexity index is 504. The number of hydrogen-bond donors (Lipinski definition) is 4. The number of rotatable bonds is 4. The van der Waals surface area contributed by atoms with Crippen molar-refractivity contribution in [2.24, 2.45) is 5.84 Å². The van der Waals surface area contributed by atoms with Gasteiger partial charge in [-0.3, -0.25) is 0 Å². The summed E-state index contributed by atoms with van der Waals surface area (Å²) in [6.45, 7) is 8.26. The summed E-state index contributed by atoms with van der Waals surface area (Å²) >= 11 is 0. The first-order valence-corrected chi connectivity index (χ1v) is 7.56. The minimum Gasteiger partial charge on any atom is -0.394 e. The van der Waals surface area contributed by atoms with Gasteiger partial charge in [-0.25, -0.2) is 15.8 Å². The number of aliphatic hydroxyl groups excluding tert-OH is 1. The number of anilines is 2. The van der Waals surface area contributed by atoms with Crippen molar-refractivity contribution < 1.29 is 5.11 Å². The molecule has 1 aromatic heterocycles. The number of nitrogen functional groups attached to an aromatic ring is 1. The van der Waals surface area contributed by atoms with E-state index in [2.05, 4.69) is 41.5 Å². The molecule has 2 rings (SSSR count). The molecule has 21 heavy (non-hydrogen) atoms. The van der Waals surface area contributed by atoms with E-state index in [0.29, 0.717) is 5.82 Å². The van der Waals surface area contributed by atoms with Crippen LogP contribution in [0.5, 0.6) is 0 Å². The van der Waals surface area contributed by atoms with Crippen LogP contribution in [0.2, 0.25) is 0 Å². The molecular formula is C15H27N5O. The van der Waals surface area contributed by atoms with Gasteiger partial charge in [0, 0.05) is 11.0 Å². The number of nitrogens with two attached hydrogens (primary N) is 1. The molecule has 1 aliphatic carbocycles. The van der Waals surface area contributed by atoms with E-state index in [9.17, 15) is 5.11 Å². The predicted molar refractivity (Wildman–Crippen MR) is 85.2 cm³/mol. The SMILES string of the molecule is Cc1c(NN)nc(C(C)(C)C)nc1NC1(CO)CCCC1. The van der Waals surface area contributed by atoms with Crippen molar-refractivity contribution in [3.8, 4) is 0 Å². The molecule has 118 valence electrons. The molecule has 6 nitrogen and oxygen atoms in total. The van der Waals surface area contributed by atoms with Crippen molar-refractivity contribution in [2.45, 2.75) is 64.3 Å². The Labute approximate surface area is 126 Å². The first-order chi connectivity index (χ1) is 9.81. The zero-order valence-corrected chi connectivity index (χ0v) is 13.5. The van der Waals surface area contributed by atoms with Gasteiger partial charge in [-0.15, -0.1) is 0 Å². The fourth-order valence-corrected chi connectivity index (χ4v) is 2.74. The summed E-state index contributed by atoms with van der Waals surface area (Å²) in [5.74, 6) is 7.71. The van der Waals surface area contributed by atoms with E-state index in [1.54, 1.807) is 0 Å². The molecular weight excluding hydrogens is 266 g/mol. The van der Waals surface area contributed by atoms with Crippen molar-refractivity contribution in [3.05, 3.63) is 11.4 Å². The fourth-order valence-electron chi connectivity index (χ4n) is 2.74. The van der Waals surface area contributed by atoms with Crippen LogP contribution in [0, 0.1) is 6.92 Å². The number of nitrogens with zero attached hydrogens (tertiary/aromatic N) is 2. The molecule has 1 fully saturated rings. The quantitative estimate of drug-likeness (QED) is 0.501. The van der Waals surface area contributed by atoms with Crippen molar-refractivity contribution in [1.29, 1.82) is 0 Å². The molecule has 6 heteroatoms. The molecule has 1 aromatic rings. The molecule has 1 heterocycles. The zero-order chi connectivity index (χ0) is 15.7.